The van der Waals surface area contributed by atoms with Crippen LogP contribution in [-0.2, 0) is 6.54 Å². The first kappa shape index (κ1) is 14.3. The summed E-state index contributed by atoms with van der Waals surface area (Å²) in [6.07, 6.45) is 5.73. The quantitative estimate of drug-likeness (QED) is 0.876. The Morgan fingerprint density at radius 1 is 1.35 bits per heavy atom. The lowest BCUT2D eigenvalue weighted by Gasteiger charge is -2.18. The van der Waals surface area contributed by atoms with Crippen molar-refractivity contribution < 1.29 is 5.11 Å². The van der Waals surface area contributed by atoms with Gasteiger partial charge in [0.1, 0.15) is 0 Å². The molecule has 0 saturated heterocycles. The first-order valence-electron chi connectivity index (χ1n) is 6.81. The molecule has 0 aliphatic heterocycles. The number of aliphatic hydroxyl groups excluding tert-OH is 1. The average molecular weight is 271 g/mol. The van der Waals surface area contributed by atoms with Crippen LogP contribution in [0.15, 0.2) is 48.6 Å². The van der Waals surface area contributed by atoms with Gasteiger partial charge in [0.2, 0.25) is 0 Å². The predicted octanol–water partition coefficient (Wildman–Crippen LogP) is 2.22. The summed E-state index contributed by atoms with van der Waals surface area (Å²) in [4.78, 5) is 6.38. The largest absolute Gasteiger partial charge is 0.390 e. The van der Waals surface area contributed by atoms with E-state index in [9.17, 15) is 5.11 Å². The summed E-state index contributed by atoms with van der Waals surface area (Å²) in [5.41, 5.74) is 2.98. The summed E-state index contributed by atoms with van der Waals surface area (Å²) >= 11 is 0. The number of likely N-dealkylation sites (N-methyl/N-ethyl adjacent to an activating group) is 1. The van der Waals surface area contributed by atoms with E-state index in [0.717, 1.165) is 24.5 Å². The molecule has 1 N–H and O–H groups in total. The van der Waals surface area contributed by atoms with E-state index in [-0.39, 0.29) is 6.61 Å². The maximum Gasteiger partial charge on any atom is 0.0956 e. The third kappa shape index (κ3) is 3.71. The van der Waals surface area contributed by atoms with Gasteiger partial charge in [-0.25, -0.2) is 4.98 Å². The van der Waals surface area contributed by atoms with E-state index in [4.69, 9.17) is 0 Å². The minimum Gasteiger partial charge on any atom is -0.390 e. The summed E-state index contributed by atoms with van der Waals surface area (Å²) in [5.74, 6) is 0. The normalized spacial score (nSPS) is 11.7. The van der Waals surface area contributed by atoms with Gasteiger partial charge in [0, 0.05) is 32.0 Å². The van der Waals surface area contributed by atoms with Crippen LogP contribution >= 0.6 is 0 Å². The van der Waals surface area contributed by atoms with Crippen LogP contribution < -0.4 is 0 Å². The molecule has 0 amide bonds. The van der Waals surface area contributed by atoms with Crippen molar-refractivity contribution in [3.63, 3.8) is 0 Å². The fourth-order valence-corrected chi connectivity index (χ4v) is 1.98. The number of hydrogen-bond donors (Lipinski definition) is 1. The van der Waals surface area contributed by atoms with Crippen molar-refractivity contribution in [2.24, 2.45) is 0 Å². The maximum atomic E-state index is 9.39. The molecule has 4 heteroatoms. The van der Waals surface area contributed by atoms with Crippen LogP contribution in [0.4, 0.5) is 0 Å². The summed E-state index contributed by atoms with van der Waals surface area (Å²) in [6.45, 7) is 3.74. The topological polar surface area (TPSA) is 41.3 Å². The van der Waals surface area contributed by atoms with Gasteiger partial charge in [0.15, 0.2) is 0 Å². The predicted molar refractivity (Wildman–Crippen MR) is 81.1 cm³/mol. The van der Waals surface area contributed by atoms with Crippen molar-refractivity contribution in [3.05, 3.63) is 59.8 Å². The van der Waals surface area contributed by atoms with Crippen LogP contribution in [0.5, 0.6) is 0 Å². The molecule has 20 heavy (non-hydrogen) atoms. The highest BCUT2D eigenvalue weighted by Gasteiger charge is 2.03. The second-order valence-corrected chi connectivity index (χ2v) is 4.76. The lowest BCUT2D eigenvalue weighted by Crippen LogP contribution is -2.19. The van der Waals surface area contributed by atoms with E-state index in [1.807, 2.05) is 53.3 Å². The molecule has 2 aromatic rings. The van der Waals surface area contributed by atoms with Gasteiger partial charge in [-0.2, -0.15) is 0 Å². The minimum absolute atomic E-state index is 0.0237. The van der Waals surface area contributed by atoms with E-state index in [0.29, 0.717) is 0 Å². The third-order valence-electron chi connectivity index (χ3n) is 3.30. The number of aromatic nitrogens is 2. The Balaban J connectivity index is 2.10. The lowest BCUT2D eigenvalue weighted by molar-refractivity contribution is 0.281. The molecule has 0 spiro atoms. The number of aliphatic hydroxyl groups is 1. The summed E-state index contributed by atoms with van der Waals surface area (Å²) in [6, 6.07) is 10.3. The highest BCUT2D eigenvalue weighted by atomic mass is 16.3. The Hall–Kier alpha value is -2.07. The van der Waals surface area contributed by atoms with Crippen LogP contribution in [-0.4, -0.2) is 39.8 Å². The molecule has 0 fully saturated rings. The summed E-state index contributed by atoms with van der Waals surface area (Å²) in [5, 5.41) is 9.39. The van der Waals surface area contributed by atoms with Crippen molar-refractivity contribution >= 4 is 6.08 Å². The van der Waals surface area contributed by atoms with Gasteiger partial charge in [-0.1, -0.05) is 30.3 Å². The van der Waals surface area contributed by atoms with Gasteiger partial charge in [0.05, 0.1) is 18.6 Å². The first-order valence-corrected chi connectivity index (χ1v) is 6.81. The van der Waals surface area contributed by atoms with E-state index >= 15 is 0 Å². The highest BCUT2D eigenvalue weighted by Crippen LogP contribution is 2.09. The average Bonchev–Trinajstić information content (AvgIpc) is 2.92. The Morgan fingerprint density at radius 3 is 2.75 bits per heavy atom. The molecule has 0 saturated carbocycles. The van der Waals surface area contributed by atoms with Crippen molar-refractivity contribution in [2.75, 3.05) is 20.2 Å². The maximum absolute atomic E-state index is 9.39. The second-order valence-electron chi connectivity index (χ2n) is 4.76. The number of imidazole rings is 1. The molecule has 2 rings (SSSR count). The lowest BCUT2D eigenvalue weighted by atomic mass is 10.2. The molecule has 1 aromatic carbocycles. The second kappa shape index (κ2) is 6.91. The van der Waals surface area contributed by atoms with Gasteiger partial charge in [-0.15, -0.1) is 0 Å². The number of nitrogens with zero attached hydrogens (tertiary/aromatic N) is 3. The molecule has 0 atom stereocenters. The first-order chi connectivity index (χ1) is 9.72. The fourth-order valence-electron chi connectivity index (χ4n) is 1.98. The van der Waals surface area contributed by atoms with Gasteiger partial charge in [-0.3, -0.25) is 0 Å². The Morgan fingerprint density at radius 2 is 2.10 bits per heavy atom. The molecular weight excluding hydrogens is 250 g/mol. The summed E-state index contributed by atoms with van der Waals surface area (Å²) in [7, 11) is 1.96. The molecule has 106 valence electrons. The van der Waals surface area contributed by atoms with Crippen molar-refractivity contribution in [3.8, 4) is 0 Å². The minimum atomic E-state index is 0.0237. The van der Waals surface area contributed by atoms with Crippen LogP contribution in [0.1, 0.15) is 18.2 Å². The third-order valence-corrected chi connectivity index (χ3v) is 3.30. The van der Waals surface area contributed by atoms with Gasteiger partial charge < -0.3 is 14.6 Å². The fraction of sp³-hybridized carbons (Fsp3) is 0.312. The Bertz CT molecular complexity index is 560. The van der Waals surface area contributed by atoms with Crippen molar-refractivity contribution in [2.45, 2.75) is 13.5 Å². The van der Waals surface area contributed by atoms with Crippen molar-refractivity contribution in [1.82, 2.24) is 14.5 Å². The molecule has 0 unspecified atom stereocenters. The Labute approximate surface area is 120 Å². The number of rotatable bonds is 6. The molecule has 1 aromatic heterocycles. The van der Waals surface area contributed by atoms with E-state index in [1.54, 1.807) is 0 Å². The van der Waals surface area contributed by atoms with Crippen LogP contribution in [0, 0.1) is 0 Å². The zero-order chi connectivity index (χ0) is 14.4. The van der Waals surface area contributed by atoms with Gasteiger partial charge in [0.25, 0.3) is 0 Å². The van der Waals surface area contributed by atoms with Crippen LogP contribution in [0.25, 0.3) is 6.08 Å². The zero-order valence-electron chi connectivity index (χ0n) is 12.0. The zero-order valence-corrected chi connectivity index (χ0v) is 12.0. The van der Waals surface area contributed by atoms with E-state index < -0.39 is 0 Å². The van der Waals surface area contributed by atoms with Crippen LogP contribution in [0.2, 0.25) is 0 Å². The highest BCUT2D eigenvalue weighted by molar-refractivity contribution is 5.47. The smallest absolute Gasteiger partial charge is 0.0956 e. The monoisotopic (exact) mass is 271 g/mol. The number of benzene rings is 1. The number of hydrogen-bond acceptors (Lipinski definition) is 3. The molecule has 4 nitrogen and oxygen atoms in total. The van der Waals surface area contributed by atoms with Gasteiger partial charge >= 0.3 is 0 Å². The molecule has 0 aliphatic rings. The molecule has 1 heterocycles. The summed E-state index contributed by atoms with van der Waals surface area (Å²) < 4.78 is 2.04. The molecule has 0 aliphatic carbocycles. The van der Waals surface area contributed by atoms with E-state index in [2.05, 4.69) is 24.0 Å². The molecule has 0 bridgehead atoms. The Kier molecular flexibility index (Phi) is 4.96. The van der Waals surface area contributed by atoms with Gasteiger partial charge in [-0.05, 0) is 18.6 Å². The SMILES string of the molecule is CCN(C)/C(=C\c1cn(Cc2ccccc2)cn1)CO. The standard InChI is InChI=1S/C16H21N3O/c1-3-18(2)16(12-20)9-15-11-19(13-17-15)10-14-7-5-4-6-8-14/h4-9,11,13,20H,3,10,12H2,1-2H3/b16-9-. The van der Waals surface area contributed by atoms with Crippen LogP contribution in [0.3, 0.4) is 0 Å². The van der Waals surface area contributed by atoms with Crippen molar-refractivity contribution in [1.29, 1.82) is 0 Å². The van der Waals surface area contributed by atoms with E-state index in [1.165, 1.54) is 5.56 Å². The molecular formula is C16H21N3O. The molecule has 0 radical (unpaired) electrons.